The molecule has 9 nitrogen and oxygen atoms in total. The van der Waals surface area contributed by atoms with Crippen LogP contribution in [0, 0.1) is 0 Å². The zero-order valence-electron chi connectivity index (χ0n) is 16.0. The summed E-state index contributed by atoms with van der Waals surface area (Å²) in [5.74, 6) is 1.20. The predicted molar refractivity (Wildman–Crippen MR) is 105 cm³/mol. The van der Waals surface area contributed by atoms with E-state index in [-0.39, 0.29) is 0 Å². The molecule has 1 aliphatic rings. The average Bonchev–Trinajstić information content (AvgIpc) is 3.39. The number of rotatable bonds is 6. The molecule has 0 unspecified atom stereocenters. The minimum absolute atomic E-state index is 0.352. The molecule has 0 radical (unpaired) electrons. The molecule has 1 saturated heterocycles. The quantitative estimate of drug-likeness (QED) is 0.644. The van der Waals surface area contributed by atoms with Gasteiger partial charge in [-0.05, 0) is 32.7 Å². The topological polar surface area (TPSA) is 85.4 Å². The zero-order valence-corrected chi connectivity index (χ0v) is 16.8. The third kappa shape index (κ3) is 3.34. The molecule has 1 fully saturated rings. The van der Waals surface area contributed by atoms with Gasteiger partial charge < -0.3 is 15.0 Å². The van der Waals surface area contributed by atoms with Crippen molar-refractivity contribution in [1.29, 1.82) is 0 Å². The number of likely N-dealkylation sites (tertiary alicyclic amines) is 1. The summed E-state index contributed by atoms with van der Waals surface area (Å²) in [6, 6.07) is 0.352. The summed E-state index contributed by atoms with van der Waals surface area (Å²) in [6.45, 7) is 4.15. The molecule has 4 rings (SSSR count). The van der Waals surface area contributed by atoms with Gasteiger partial charge in [0.15, 0.2) is 11.5 Å². The van der Waals surface area contributed by atoms with Gasteiger partial charge in [0.05, 0.1) is 31.2 Å². The Hall–Kier alpha value is -2.33. The molecule has 3 aromatic rings. The highest BCUT2D eigenvalue weighted by atomic mass is 32.2. The van der Waals surface area contributed by atoms with Gasteiger partial charge in [0.25, 0.3) is 5.88 Å². The molecule has 4 heterocycles. The average molecular weight is 389 g/mol. The second-order valence-electron chi connectivity index (χ2n) is 6.65. The van der Waals surface area contributed by atoms with Gasteiger partial charge in [-0.2, -0.15) is 4.98 Å². The van der Waals surface area contributed by atoms with E-state index in [2.05, 4.69) is 44.4 Å². The maximum absolute atomic E-state index is 5.50. The summed E-state index contributed by atoms with van der Waals surface area (Å²) < 4.78 is 9.33. The number of likely N-dealkylation sites (N-methyl/N-ethyl adjacent to an activating group) is 1. The van der Waals surface area contributed by atoms with Crippen LogP contribution in [0.1, 0.15) is 25.1 Å². The van der Waals surface area contributed by atoms with Crippen molar-refractivity contribution in [3.63, 3.8) is 0 Å². The van der Waals surface area contributed by atoms with Crippen molar-refractivity contribution in [3.8, 4) is 5.88 Å². The smallest absolute Gasteiger partial charge is 0.256 e. The van der Waals surface area contributed by atoms with Crippen LogP contribution in [0.15, 0.2) is 17.6 Å². The third-order valence-electron chi connectivity index (χ3n) is 4.84. The van der Waals surface area contributed by atoms with Crippen LogP contribution in [-0.4, -0.2) is 67.8 Å². The zero-order chi connectivity index (χ0) is 19.0. The highest BCUT2D eigenvalue weighted by Gasteiger charge is 2.24. The molecular formula is C17H24N8OS. The summed E-state index contributed by atoms with van der Waals surface area (Å²) in [6.07, 6.45) is 7.72. The van der Waals surface area contributed by atoms with Crippen LogP contribution in [0.4, 0.5) is 11.5 Å². The molecule has 1 atom stereocenters. The van der Waals surface area contributed by atoms with Gasteiger partial charge in [-0.3, -0.25) is 4.68 Å². The molecular weight excluding hydrogens is 364 g/mol. The van der Waals surface area contributed by atoms with Crippen LogP contribution in [0.3, 0.4) is 0 Å². The highest BCUT2D eigenvalue weighted by Crippen LogP contribution is 2.31. The number of fused-ring (bicyclic) bond motifs is 1. The molecule has 0 amide bonds. The van der Waals surface area contributed by atoms with Crippen molar-refractivity contribution < 1.29 is 4.74 Å². The van der Waals surface area contributed by atoms with Crippen molar-refractivity contribution >= 4 is 28.9 Å². The van der Waals surface area contributed by atoms with Gasteiger partial charge >= 0.3 is 0 Å². The lowest BCUT2D eigenvalue weighted by Crippen LogP contribution is -2.16. The molecule has 0 aromatic carbocycles. The number of thioether (sulfide) groups is 1. The van der Waals surface area contributed by atoms with E-state index < -0.39 is 0 Å². The van der Waals surface area contributed by atoms with E-state index in [9.17, 15) is 0 Å². The number of imidazole rings is 1. The maximum Gasteiger partial charge on any atom is 0.256 e. The summed E-state index contributed by atoms with van der Waals surface area (Å²) in [7, 11) is 3.76. The van der Waals surface area contributed by atoms with Gasteiger partial charge in [0, 0.05) is 6.54 Å². The Balaban J connectivity index is 1.71. The van der Waals surface area contributed by atoms with E-state index >= 15 is 0 Å². The first-order valence-electron chi connectivity index (χ1n) is 9.00. The molecule has 144 valence electrons. The van der Waals surface area contributed by atoms with Crippen LogP contribution < -0.4 is 10.1 Å². The normalized spacial score (nSPS) is 17.7. The minimum atomic E-state index is 0.352. The summed E-state index contributed by atoms with van der Waals surface area (Å²) >= 11 is 1.50. The first-order valence-corrected chi connectivity index (χ1v) is 10.2. The van der Waals surface area contributed by atoms with Crippen molar-refractivity contribution in [3.05, 3.63) is 18.1 Å². The van der Waals surface area contributed by atoms with E-state index in [4.69, 9.17) is 4.74 Å². The number of aromatic nitrogens is 6. The Bertz CT molecular complexity index is 952. The van der Waals surface area contributed by atoms with Crippen LogP contribution in [0.5, 0.6) is 5.88 Å². The van der Waals surface area contributed by atoms with E-state index in [1.54, 1.807) is 7.11 Å². The lowest BCUT2D eigenvalue weighted by Gasteiger charge is -2.10. The molecule has 1 aliphatic heterocycles. The number of aryl methyl sites for hydroxylation is 1. The van der Waals surface area contributed by atoms with E-state index in [0.717, 1.165) is 37.3 Å². The highest BCUT2D eigenvalue weighted by molar-refractivity contribution is 7.98. The van der Waals surface area contributed by atoms with Crippen LogP contribution in [0.2, 0.25) is 0 Å². The molecule has 27 heavy (non-hydrogen) atoms. The number of methoxy groups -OCH3 is 1. The monoisotopic (exact) mass is 388 g/mol. The molecule has 10 heteroatoms. The number of nitrogens with zero attached hydrogens (tertiary/aromatic N) is 7. The fraction of sp³-hybridized carbons (Fsp3) is 0.529. The molecule has 1 N–H and O–H groups in total. The molecule has 0 aliphatic carbocycles. The van der Waals surface area contributed by atoms with Crippen LogP contribution in [-0.2, 0) is 6.42 Å². The first kappa shape index (κ1) is 18.1. The fourth-order valence-corrected chi connectivity index (χ4v) is 3.72. The van der Waals surface area contributed by atoms with Crippen molar-refractivity contribution in [2.45, 2.75) is 31.0 Å². The predicted octanol–water partition coefficient (Wildman–Crippen LogP) is 2.23. The van der Waals surface area contributed by atoms with Crippen LogP contribution in [0.25, 0.3) is 5.65 Å². The van der Waals surface area contributed by atoms with Gasteiger partial charge in [-0.15, -0.1) is 10.2 Å². The second-order valence-corrected chi connectivity index (χ2v) is 7.42. The number of hydrogen-bond acceptors (Lipinski definition) is 8. The molecule has 0 bridgehead atoms. The first-order chi connectivity index (χ1) is 13.1. The SMILES string of the molecule is CCc1cnc2c(Nc3cn([C@@H]4CCN(C)C4)nc3OC)nc(SC)nn12. The van der Waals surface area contributed by atoms with E-state index in [0.29, 0.717) is 28.5 Å². The number of nitrogens with one attached hydrogen (secondary N) is 1. The Morgan fingerprint density at radius 1 is 1.37 bits per heavy atom. The summed E-state index contributed by atoms with van der Waals surface area (Å²) in [5.41, 5.74) is 2.52. The standard InChI is InChI=1S/C17H24N8OS/c1-5-11-8-18-15-14(20-17(27-4)22-25(11)15)19-13-10-24(21-16(13)26-3)12-6-7-23(2)9-12/h8,10,12H,5-7,9H2,1-4H3,(H,19,20,22)/t12-/m1/s1. The Morgan fingerprint density at radius 2 is 2.22 bits per heavy atom. The van der Waals surface area contributed by atoms with Crippen LogP contribution >= 0.6 is 11.8 Å². The molecule has 3 aromatic heterocycles. The Labute approximate surface area is 162 Å². The maximum atomic E-state index is 5.50. The van der Waals surface area contributed by atoms with Gasteiger partial charge in [0.2, 0.25) is 5.16 Å². The van der Waals surface area contributed by atoms with Crippen molar-refractivity contribution in [2.75, 3.05) is 38.8 Å². The van der Waals surface area contributed by atoms with E-state index in [1.807, 2.05) is 27.8 Å². The summed E-state index contributed by atoms with van der Waals surface area (Å²) in [5, 5.41) is 13.2. The van der Waals surface area contributed by atoms with Crippen molar-refractivity contribution in [2.24, 2.45) is 0 Å². The molecule has 0 spiro atoms. The lowest BCUT2D eigenvalue weighted by atomic mass is 10.3. The minimum Gasteiger partial charge on any atom is -0.478 e. The van der Waals surface area contributed by atoms with Crippen molar-refractivity contribution in [1.82, 2.24) is 34.3 Å². The fourth-order valence-electron chi connectivity index (χ4n) is 3.37. The van der Waals surface area contributed by atoms with E-state index in [1.165, 1.54) is 11.8 Å². The molecule has 0 saturated carbocycles. The number of hydrogen-bond donors (Lipinski definition) is 1. The third-order valence-corrected chi connectivity index (χ3v) is 5.38. The number of anilines is 2. The largest absolute Gasteiger partial charge is 0.478 e. The summed E-state index contributed by atoms with van der Waals surface area (Å²) in [4.78, 5) is 11.4. The van der Waals surface area contributed by atoms with Gasteiger partial charge in [0.1, 0.15) is 5.69 Å². The lowest BCUT2D eigenvalue weighted by molar-refractivity contribution is 0.362. The van der Waals surface area contributed by atoms with Gasteiger partial charge in [-0.25, -0.2) is 9.50 Å². The Kier molecular flexibility index (Phi) is 4.92. The number of ether oxygens (including phenoxy) is 1. The Morgan fingerprint density at radius 3 is 2.89 bits per heavy atom. The van der Waals surface area contributed by atoms with Gasteiger partial charge in [-0.1, -0.05) is 18.7 Å². The second kappa shape index (κ2) is 7.35.